The topological polar surface area (TPSA) is 185 Å². The number of benzene rings is 2. The molecular weight excluding hydrogens is 771 g/mol. The Morgan fingerprint density at radius 3 is 2.20 bits per heavy atom. The smallest absolute Gasteiger partial charge is 0.475 e. The Kier molecular flexibility index (Phi) is 21.7. The van der Waals surface area contributed by atoms with Crippen LogP contribution in [-0.2, 0) is 47.7 Å². The zero-order chi connectivity index (χ0) is 41.7. The zero-order valence-electron chi connectivity index (χ0n) is 31.5. The summed E-state index contributed by atoms with van der Waals surface area (Å²) in [4.78, 5) is 52.4. The van der Waals surface area contributed by atoms with Gasteiger partial charge in [-0.05, 0) is 60.9 Å². The second kappa shape index (κ2) is 25.3. The molecular formula is C37H51F5N4O9S. The van der Waals surface area contributed by atoms with Crippen LogP contribution in [0.4, 0.5) is 26.7 Å². The van der Waals surface area contributed by atoms with Crippen LogP contribution in [0, 0.1) is 11.6 Å². The van der Waals surface area contributed by atoms with Crippen molar-refractivity contribution in [3.63, 3.8) is 0 Å². The minimum atomic E-state index is -5.08. The summed E-state index contributed by atoms with van der Waals surface area (Å²) in [6.45, 7) is 6.55. The monoisotopic (exact) mass is 822 g/mol. The third-order valence-corrected chi connectivity index (χ3v) is 8.93. The first-order chi connectivity index (χ1) is 26.5. The van der Waals surface area contributed by atoms with Crippen LogP contribution in [0.1, 0.15) is 76.0 Å². The van der Waals surface area contributed by atoms with Crippen LogP contribution in [0.2, 0.25) is 0 Å². The standard InChI is InChI=1S/C35H50F2N4O7S.C2HF3O2/c1-4-8-29(9-5-2)47-48-49-22-31(41-35(45)46-21-28-12-13-33(43)39-28)34(44)40-30(17-25-15-26(36)18-27(37)16-25)32(42)20-38-19-24-11-7-10-23(6-3)14-24;3-2(4,5)1(6)7/h7,10-11,14-16,18,28-32,38,42H,4-6,8-9,12-13,17,19-22H2,1-3H3,(H,39,43)(H,40,44)(H,41,45);(H,6,7)/t28-,30-,31?,32+;/m0./s1. The number of carboxylic acid groups (broad SMARTS) is 1. The number of hydrogen-bond acceptors (Lipinski definition) is 10. The van der Waals surface area contributed by atoms with Crippen LogP contribution in [0.5, 0.6) is 0 Å². The summed E-state index contributed by atoms with van der Waals surface area (Å²) in [7, 11) is 0. The summed E-state index contributed by atoms with van der Waals surface area (Å²) in [6, 6.07) is 8.47. The summed E-state index contributed by atoms with van der Waals surface area (Å²) >= 11 is 0.829. The number of aliphatic hydroxyl groups excluding tert-OH is 1. The van der Waals surface area contributed by atoms with E-state index in [-0.39, 0.29) is 48.9 Å². The number of carbonyl (C=O) groups excluding carboxylic acids is 3. The number of aliphatic carboxylic acids is 1. The van der Waals surface area contributed by atoms with Crippen molar-refractivity contribution in [2.75, 3.05) is 18.9 Å². The molecule has 1 aliphatic rings. The zero-order valence-corrected chi connectivity index (χ0v) is 32.3. The molecule has 0 bridgehead atoms. The highest BCUT2D eigenvalue weighted by atomic mass is 32.2. The molecule has 3 amide bonds. The lowest BCUT2D eigenvalue weighted by Crippen LogP contribution is -2.55. The minimum Gasteiger partial charge on any atom is -0.475 e. The SMILES string of the molecule is CCCC(CCC)OOSCC(NC(=O)OC[C@@H]1CCC(=O)N1)C(=O)N[C@@H](Cc1cc(F)cc(F)c1)[C@H](O)CNCc1cccc(CC)c1.O=C(O)C(F)(F)F. The summed E-state index contributed by atoms with van der Waals surface area (Å²) in [5, 5.41) is 29.6. The average molecular weight is 823 g/mol. The fraction of sp³-hybridized carbons (Fsp3) is 0.568. The average Bonchev–Trinajstić information content (AvgIpc) is 3.56. The molecule has 1 heterocycles. The van der Waals surface area contributed by atoms with Gasteiger partial charge in [0, 0.05) is 37.6 Å². The summed E-state index contributed by atoms with van der Waals surface area (Å²) < 4.78 is 70.5. The largest absolute Gasteiger partial charge is 0.490 e. The van der Waals surface area contributed by atoms with Gasteiger partial charge in [0.1, 0.15) is 24.3 Å². The van der Waals surface area contributed by atoms with Crippen LogP contribution in [-0.4, -0.2) is 89.5 Å². The molecule has 0 aliphatic carbocycles. The lowest BCUT2D eigenvalue weighted by atomic mass is 10.00. The van der Waals surface area contributed by atoms with E-state index in [1.165, 1.54) is 5.56 Å². The predicted molar refractivity (Wildman–Crippen MR) is 197 cm³/mol. The maximum Gasteiger partial charge on any atom is 0.490 e. The van der Waals surface area contributed by atoms with Gasteiger partial charge in [0.2, 0.25) is 11.8 Å². The Morgan fingerprint density at radius 1 is 0.982 bits per heavy atom. The van der Waals surface area contributed by atoms with Crippen LogP contribution < -0.4 is 21.3 Å². The van der Waals surface area contributed by atoms with Crippen molar-refractivity contribution in [3.8, 4) is 0 Å². The molecule has 0 saturated carbocycles. The first-order valence-corrected chi connectivity index (χ1v) is 19.1. The van der Waals surface area contributed by atoms with Crippen molar-refractivity contribution in [1.29, 1.82) is 0 Å². The van der Waals surface area contributed by atoms with E-state index in [0.29, 0.717) is 19.4 Å². The maximum atomic E-state index is 14.1. The molecule has 1 fully saturated rings. The Morgan fingerprint density at radius 2 is 1.62 bits per heavy atom. The van der Waals surface area contributed by atoms with Gasteiger partial charge >= 0.3 is 18.2 Å². The molecule has 19 heteroatoms. The van der Waals surface area contributed by atoms with Gasteiger partial charge in [-0.3, -0.25) is 9.59 Å². The normalized spacial score (nSPS) is 15.6. The molecule has 0 aromatic heterocycles. The van der Waals surface area contributed by atoms with Crippen molar-refractivity contribution in [2.45, 2.75) is 115 Å². The van der Waals surface area contributed by atoms with Crippen molar-refractivity contribution >= 4 is 35.9 Å². The molecule has 3 rings (SSSR count). The van der Waals surface area contributed by atoms with Crippen LogP contribution in [0.15, 0.2) is 42.5 Å². The van der Waals surface area contributed by atoms with Crippen molar-refractivity contribution in [2.24, 2.45) is 0 Å². The van der Waals surface area contributed by atoms with Gasteiger partial charge in [-0.1, -0.05) is 57.9 Å². The molecule has 6 N–H and O–H groups in total. The first kappa shape index (κ1) is 48.1. The number of hydrogen-bond donors (Lipinski definition) is 6. The third kappa shape index (κ3) is 19.2. The minimum absolute atomic E-state index is 0.0499. The fourth-order valence-corrected chi connectivity index (χ4v) is 6.02. The Labute approximate surface area is 326 Å². The molecule has 314 valence electrons. The molecule has 56 heavy (non-hydrogen) atoms. The van der Waals surface area contributed by atoms with Crippen LogP contribution >= 0.6 is 12.0 Å². The Bertz CT molecular complexity index is 1520. The summed E-state index contributed by atoms with van der Waals surface area (Å²) in [6.07, 6.45) is -2.27. The summed E-state index contributed by atoms with van der Waals surface area (Å²) in [5.41, 5.74) is 2.41. The number of aliphatic hydroxyl groups is 1. The van der Waals surface area contributed by atoms with Gasteiger partial charge in [0.05, 0.1) is 30.0 Å². The highest BCUT2D eigenvalue weighted by Gasteiger charge is 2.38. The van der Waals surface area contributed by atoms with E-state index in [4.69, 9.17) is 23.9 Å². The van der Waals surface area contributed by atoms with E-state index in [1.54, 1.807) is 0 Å². The van der Waals surface area contributed by atoms with E-state index in [0.717, 1.165) is 67.9 Å². The second-order valence-corrected chi connectivity index (χ2v) is 13.7. The number of rotatable bonds is 22. The molecule has 0 spiro atoms. The van der Waals surface area contributed by atoms with Gasteiger partial charge in [0.15, 0.2) is 0 Å². The highest BCUT2D eigenvalue weighted by molar-refractivity contribution is 7.94. The maximum absolute atomic E-state index is 14.1. The second-order valence-electron chi connectivity index (χ2n) is 13.0. The van der Waals surface area contributed by atoms with Gasteiger partial charge in [-0.25, -0.2) is 23.3 Å². The first-order valence-electron chi connectivity index (χ1n) is 18.2. The lowest BCUT2D eigenvalue weighted by Gasteiger charge is -2.27. The highest BCUT2D eigenvalue weighted by Crippen LogP contribution is 2.17. The lowest BCUT2D eigenvalue weighted by molar-refractivity contribution is -0.234. The quantitative estimate of drug-likeness (QED) is 0.0299. The number of aryl methyl sites for hydroxylation is 1. The Balaban J connectivity index is 0.00000141. The van der Waals surface area contributed by atoms with Crippen molar-refractivity contribution in [3.05, 3.63) is 70.8 Å². The molecule has 0 radical (unpaired) electrons. The van der Waals surface area contributed by atoms with Crippen LogP contribution in [0.3, 0.4) is 0 Å². The molecule has 1 saturated heterocycles. The van der Waals surface area contributed by atoms with E-state index in [9.17, 15) is 41.4 Å². The number of alkyl carbamates (subject to hydrolysis) is 1. The number of halogens is 5. The molecule has 4 atom stereocenters. The van der Waals surface area contributed by atoms with E-state index in [2.05, 4.69) is 34.3 Å². The summed E-state index contributed by atoms with van der Waals surface area (Å²) in [5.74, 6) is -5.24. The molecule has 13 nitrogen and oxygen atoms in total. The Hall–Kier alpha value is -4.04. The molecule has 1 aliphatic heterocycles. The number of carbonyl (C=O) groups is 4. The van der Waals surface area contributed by atoms with E-state index < -0.39 is 54.0 Å². The number of carboxylic acids is 1. The molecule has 1 unspecified atom stereocenters. The van der Waals surface area contributed by atoms with Gasteiger partial charge in [0.25, 0.3) is 0 Å². The van der Waals surface area contributed by atoms with Crippen molar-refractivity contribution < 1.29 is 65.3 Å². The molecule has 2 aromatic carbocycles. The number of nitrogens with one attached hydrogen (secondary N) is 4. The van der Waals surface area contributed by atoms with E-state index >= 15 is 0 Å². The van der Waals surface area contributed by atoms with Crippen LogP contribution in [0.25, 0.3) is 0 Å². The van der Waals surface area contributed by atoms with Crippen molar-refractivity contribution in [1.82, 2.24) is 21.3 Å². The number of ether oxygens (including phenoxy) is 1. The third-order valence-electron chi connectivity index (χ3n) is 8.28. The van der Waals surface area contributed by atoms with Gasteiger partial charge in [-0.2, -0.15) is 17.5 Å². The fourth-order valence-electron chi connectivity index (χ4n) is 5.42. The van der Waals surface area contributed by atoms with Gasteiger partial charge < -0.3 is 36.2 Å². The number of amides is 3. The number of alkyl halides is 3. The molecule has 2 aromatic rings. The predicted octanol–water partition coefficient (Wildman–Crippen LogP) is 5.28. The van der Waals surface area contributed by atoms with Gasteiger partial charge in [-0.15, -0.1) is 0 Å². The van der Waals surface area contributed by atoms with E-state index in [1.807, 2.05) is 32.0 Å².